The molecule has 0 aromatic carbocycles. The van der Waals surface area contributed by atoms with Gasteiger partial charge in [0.05, 0.1) is 4.92 Å². The van der Waals surface area contributed by atoms with E-state index in [0.717, 1.165) is 6.42 Å². The molecule has 7 heteroatoms. The van der Waals surface area contributed by atoms with E-state index in [9.17, 15) is 14.9 Å². The average Bonchev–Trinajstić information content (AvgIpc) is 2.75. The molecule has 1 unspecified atom stereocenters. The minimum absolute atomic E-state index is 0.0125. The van der Waals surface area contributed by atoms with Gasteiger partial charge in [0.25, 0.3) is 0 Å². The van der Waals surface area contributed by atoms with E-state index in [1.807, 2.05) is 0 Å². The summed E-state index contributed by atoms with van der Waals surface area (Å²) < 4.78 is 0. The monoisotopic (exact) mass is 265 g/mol. The lowest BCUT2D eigenvalue weighted by Crippen LogP contribution is -2.22. The minimum Gasteiger partial charge on any atom is -0.481 e. The van der Waals surface area contributed by atoms with E-state index in [1.165, 1.54) is 0 Å². The first-order valence-electron chi connectivity index (χ1n) is 6.05. The van der Waals surface area contributed by atoms with E-state index in [2.05, 4.69) is 4.98 Å². The van der Waals surface area contributed by atoms with E-state index in [0.29, 0.717) is 24.5 Å². The predicted molar refractivity (Wildman–Crippen MR) is 68.2 cm³/mol. The first-order valence-corrected chi connectivity index (χ1v) is 6.05. The lowest BCUT2D eigenvalue weighted by Gasteiger charge is -2.17. The van der Waals surface area contributed by atoms with Gasteiger partial charge in [0.1, 0.15) is 0 Å². The third-order valence-corrected chi connectivity index (χ3v) is 3.34. The highest BCUT2D eigenvalue weighted by Gasteiger charge is 2.30. The molecule has 1 aromatic rings. The van der Waals surface area contributed by atoms with Gasteiger partial charge in [-0.1, -0.05) is 0 Å². The van der Waals surface area contributed by atoms with Gasteiger partial charge < -0.3 is 10.0 Å². The van der Waals surface area contributed by atoms with Crippen LogP contribution < -0.4 is 4.90 Å². The van der Waals surface area contributed by atoms with Crippen molar-refractivity contribution in [2.75, 3.05) is 18.0 Å². The number of hydrogen-bond acceptors (Lipinski definition) is 5. The lowest BCUT2D eigenvalue weighted by molar-refractivity contribution is -0.384. The maximum absolute atomic E-state index is 11.1. The molecule has 0 radical (unpaired) electrons. The number of aromatic nitrogens is 1. The van der Waals surface area contributed by atoms with Crippen molar-refractivity contribution in [2.45, 2.75) is 19.8 Å². The van der Waals surface area contributed by atoms with Crippen LogP contribution in [0.25, 0.3) is 0 Å². The van der Waals surface area contributed by atoms with Gasteiger partial charge >= 0.3 is 11.7 Å². The number of pyridine rings is 1. The molecule has 0 spiro atoms. The largest absolute Gasteiger partial charge is 0.481 e. The van der Waals surface area contributed by atoms with Gasteiger partial charge in [-0.3, -0.25) is 14.9 Å². The zero-order valence-corrected chi connectivity index (χ0v) is 10.6. The molecule has 0 amide bonds. The van der Waals surface area contributed by atoms with Gasteiger partial charge in [-0.05, 0) is 25.3 Å². The molecule has 19 heavy (non-hydrogen) atoms. The Balaban J connectivity index is 2.22. The maximum atomic E-state index is 11.1. The van der Waals surface area contributed by atoms with E-state index in [4.69, 9.17) is 5.11 Å². The molecule has 1 atom stereocenters. The number of carboxylic acid groups (broad SMARTS) is 1. The highest BCUT2D eigenvalue weighted by molar-refractivity contribution is 5.67. The predicted octanol–water partition coefficient (Wildman–Crippen LogP) is 1.60. The van der Waals surface area contributed by atoms with Gasteiger partial charge in [0, 0.05) is 31.3 Å². The third kappa shape index (κ3) is 2.81. The molecule has 2 heterocycles. The number of carboxylic acids is 1. The molecule has 0 saturated carbocycles. The third-order valence-electron chi connectivity index (χ3n) is 3.34. The van der Waals surface area contributed by atoms with E-state index >= 15 is 0 Å². The number of anilines is 1. The second-order valence-corrected chi connectivity index (χ2v) is 4.76. The van der Waals surface area contributed by atoms with Crippen molar-refractivity contribution < 1.29 is 14.8 Å². The smallest absolute Gasteiger partial charge is 0.314 e. The summed E-state index contributed by atoms with van der Waals surface area (Å²) >= 11 is 0. The summed E-state index contributed by atoms with van der Waals surface area (Å²) in [6.45, 7) is 2.78. The van der Waals surface area contributed by atoms with Crippen molar-refractivity contribution in [2.24, 2.45) is 5.92 Å². The Morgan fingerprint density at radius 1 is 1.68 bits per heavy atom. The Kier molecular flexibility index (Phi) is 3.64. The number of carbonyl (C=O) groups is 1. The van der Waals surface area contributed by atoms with Crippen LogP contribution in [-0.4, -0.2) is 34.1 Å². The van der Waals surface area contributed by atoms with Crippen LogP contribution in [0, 0.1) is 23.0 Å². The zero-order chi connectivity index (χ0) is 14.0. The molecule has 102 valence electrons. The summed E-state index contributed by atoms with van der Waals surface area (Å²) in [6, 6.07) is 1.60. The molecule has 1 aliphatic heterocycles. The Hall–Kier alpha value is -2.18. The summed E-state index contributed by atoms with van der Waals surface area (Å²) in [5.74, 6) is -0.462. The number of aliphatic carboxylic acids is 1. The van der Waals surface area contributed by atoms with Crippen molar-refractivity contribution in [1.82, 2.24) is 4.98 Å². The quantitative estimate of drug-likeness (QED) is 0.656. The number of nitrogens with zero attached hydrogens (tertiary/aromatic N) is 3. The fourth-order valence-electron chi connectivity index (χ4n) is 2.43. The Bertz CT molecular complexity index is 518. The lowest BCUT2D eigenvalue weighted by atomic mass is 10.1. The second kappa shape index (κ2) is 5.21. The molecule has 2 rings (SSSR count). The summed E-state index contributed by atoms with van der Waals surface area (Å²) in [7, 11) is 0. The van der Waals surface area contributed by atoms with E-state index in [1.54, 1.807) is 24.1 Å². The fraction of sp³-hybridized carbons (Fsp3) is 0.500. The second-order valence-electron chi connectivity index (χ2n) is 4.76. The molecular formula is C12H15N3O4. The van der Waals surface area contributed by atoms with Crippen LogP contribution in [0.2, 0.25) is 0 Å². The van der Waals surface area contributed by atoms with E-state index in [-0.39, 0.29) is 18.0 Å². The molecular weight excluding hydrogens is 250 g/mol. The van der Waals surface area contributed by atoms with Crippen LogP contribution in [0.5, 0.6) is 0 Å². The first kappa shape index (κ1) is 13.3. The Morgan fingerprint density at radius 3 is 3.05 bits per heavy atom. The normalized spacial score (nSPS) is 18.6. The van der Waals surface area contributed by atoms with Crippen molar-refractivity contribution in [3.05, 3.63) is 27.9 Å². The van der Waals surface area contributed by atoms with Gasteiger partial charge in [0.15, 0.2) is 0 Å². The van der Waals surface area contributed by atoms with Crippen LogP contribution in [0.1, 0.15) is 18.4 Å². The molecule has 1 N–H and O–H groups in total. The van der Waals surface area contributed by atoms with Crippen molar-refractivity contribution in [3.63, 3.8) is 0 Å². The van der Waals surface area contributed by atoms with Crippen LogP contribution >= 0.6 is 0 Å². The number of rotatable bonds is 4. The SMILES string of the molecule is Cc1ccnc(N2CCC(CC(=O)O)C2)c1[N+](=O)[O-]. The van der Waals surface area contributed by atoms with Crippen LogP contribution in [-0.2, 0) is 4.79 Å². The van der Waals surface area contributed by atoms with Crippen molar-refractivity contribution in [1.29, 1.82) is 0 Å². The molecule has 1 saturated heterocycles. The maximum Gasteiger partial charge on any atom is 0.314 e. The van der Waals surface area contributed by atoms with Crippen LogP contribution in [0.3, 0.4) is 0 Å². The summed E-state index contributed by atoms with van der Waals surface area (Å²) in [4.78, 5) is 27.3. The Morgan fingerprint density at radius 2 is 2.42 bits per heavy atom. The van der Waals surface area contributed by atoms with Gasteiger partial charge in [-0.2, -0.15) is 0 Å². The van der Waals surface area contributed by atoms with Gasteiger partial charge in [-0.25, -0.2) is 4.98 Å². The molecule has 0 bridgehead atoms. The summed E-state index contributed by atoms with van der Waals surface area (Å²) in [6.07, 6.45) is 2.36. The molecule has 1 aromatic heterocycles. The highest BCUT2D eigenvalue weighted by Crippen LogP contribution is 2.33. The number of hydrogen-bond donors (Lipinski definition) is 1. The fourth-order valence-corrected chi connectivity index (χ4v) is 2.43. The minimum atomic E-state index is -0.835. The Labute approximate surface area is 110 Å². The van der Waals surface area contributed by atoms with Gasteiger partial charge in [-0.15, -0.1) is 0 Å². The van der Waals surface area contributed by atoms with Gasteiger partial charge in [0.2, 0.25) is 5.82 Å². The van der Waals surface area contributed by atoms with Crippen LogP contribution in [0.15, 0.2) is 12.3 Å². The average molecular weight is 265 g/mol. The summed E-state index contributed by atoms with van der Waals surface area (Å²) in [5.41, 5.74) is 0.579. The first-order chi connectivity index (χ1) is 8.99. The standard InChI is InChI=1S/C12H15N3O4/c1-8-2-4-13-12(11(8)15(18)19)14-5-3-9(7-14)6-10(16)17/h2,4,9H,3,5-7H2,1H3,(H,16,17). The summed E-state index contributed by atoms with van der Waals surface area (Å²) in [5, 5.41) is 19.9. The zero-order valence-electron chi connectivity index (χ0n) is 10.6. The van der Waals surface area contributed by atoms with Crippen molar-refractivity contribution in [3.8, 4) is 0 Å². The number of nitro groups is 1. The topological polar surface area (TPSA) is 96.6 Å². The highest BCUT2D eigenvalue weighted by atomic mass is 16.6. The molecule has 1 fully saturated rings. The van der Waals surface area contributed by atoms with Crippen LogP contribution in [0.4, 0.5) is 11.5 Å². The molecule has 1 aliphatic rings. The molecule has 0 aliphatic carbocycles. The van der Waals surface area contributed by atoms with Crippen molar-refractivity contribution >= 4 is 17.5 Å². The number of aryl methyl sites for hydroxylation is 1. The van der Waals surface area contributed by atoms with E-state index < -0.39 is 10.9 Å². The molecule has 7 nitrogen and oxygen atoms in total.